The molecule has 1 aromatic heterocycles. The van der Waals surface area contributed by atoms with Crippen LogP contribution in [-0.4, -0.2) is 54.4 Å². The van der Waals surface area contributed by atoms with Crippen LogP contribution in [0.5, 0.6) is 0 Å². The van der Waals surface area contributed by atoms with Gasteiger partial charge < -0.3 is 18.9 Å². The number of likely N-dealkylation sites (tertiary alicyclic amines) is 1. The first-order valence-electron chi connectivity index (χ1n) is 12.0. The van der Waals surface area contributed by atoms with Crippen LogP contribution in [0, 0.1) is 5.92 Å². The quantitative estimate of drug-likeness (QED) is 0.669. The van der Waals surface area contributed by atoms with Gasteiger partial charge in [0.2, 0.25) is 0 Å². The van der Waals surface area contributed by atoms with Gasteiger partial charge in [0.1, 0.15) is 6.10 Å². The van der Waals surface area contributed by atoms with E-state index in [0.717, 1.165) is 45.1 Å². The van der Waals surface area contributed by atoms with Crippen LogP contribution in [0.1, 0.15) is 69.0 Å². The highest BCUT2D eigenvalue weighted by atomic mass is 16.5. The van der Waals surface area contributed by atoms with Crippen molar-refractivity contribution in [3.63, 3.8) is 0 Å². The Kier molecular flexibility index (Phi) is 5.59. The molecule has 5 nitrogen and oxygen atoms in total. The summed E-state index contributed by atoms with van der Waals surface area (Å²) in [4.78, 5) is 15.5. The minimum absolute atomic E-state index is 0.00360. The van der Waals surface area contributed by atoms with Crippen molar-refractivity contribution in [1.82, 2.24) is 9.47 Å². The number of fused-ring (bicyclic) bond motifs is 2. The largest absolute Gasteiger partial charge is 0.462 e. The van der Waals surface area contributed by atoms with Gasteiger partial charge in [-0.25, -0.2) is 0 Å². The normalized spacial score (nSPS) is 31.1. The highest BCUT2D eigenvalue weighted by molar-refractivity contribution is 5.89. The van der Waals surface area contributed by atoms with E-state index in [1.165, 1.54) is 22.0 Å². The molecule has 0 amide bonds. The zero-order valence-electron chi connectivity index (χ0n) is 19.3. The number of rotatable bonds is 4. The second-order valence-electron chi connectivity index (χ2n) is 10.2. The summed E-state index contributed by atoms with van der Waals surface area (Å²) in [5.74, 6) is 0.346. The van der Waals surface area contributed by atoms with Gasteiger partial charge >= 0.3 is 5.97 Å². The lowest BCUT2D eigenvalue weighted by molar-refractivity contribution is -0.159. The number of carbonyl (C=O) groups excluding carboxylic acids is 1. The van der Waals surface area contributed by atoms with Crippen molar-refractivity contribution >= 4 is 16.9 Å². The van der Waals surface area contributed by atoms with E-state index in [2.05, 4.69) is 54.8 Å². The smallest absolute Gasteiger partial charge is 0.310 e. The first-order chi connectivity index (χ1) is 15.0. The molecule has 0 spiro atoms. The third kappa shape index (κ3) is 3.70. The van der Waals surface area contributed by atoms with Crippen molar-refractivity contribution in [2.75, 3.05) is 20.7 Å². The van der Waals surface area contributed by atoms with Crippen LogP contribution in [0.15, 0.2) is 24.4 Å². The molecule has 1 aromatic carbocycles. The molecule has 5 rings (SSSR count). The average molecular weight is 425 g/mol. The van der Waals surface area contributed by atoms with E-state index < -0.39 is 0 Å². The van der Waals surface area contributed by atoms with E-state index in [1.54, 1.807) is 7.11 Å². The van der Waals surface area contributed by atoms with Gasteiger partial charge in [0, 0.05) is 48.8 Å². The lowest BCUT2D eigenvalue weighted by atomic mass is 9.72. The average Bonchev–Trinajstić information content (AvgIpc) is 3.15. The van der Waals surface area contributed by atoms with Crippen LogP contribution in [0.25, 0.3) is 10.9 Å². The Bertz CT molecular complexity index is 957. The SMILES string of the molecule is COC1CCC(OC(=O)[C@@H]2CC3c4cccc5c4c(cn5C(C)C)CC3N(C)C2)CC1. The van der Waals surface area contributed by atoms with E-state index in [4.69, 9.17) is 9.47 Å². The maximum Gasteiger partial charge on any atom is 0.310 e. The predicted octanol–water partition coefficient (Wildman–Crippen LogP) is 4.68. The zero-order valence-corrected chi connectivity index (χ0v) is 19.3. The molecule has 1 aliphatic heterocycles. The molecule has 5 heteroatoms. The molecule has 3 aliphatic rings. The summed E-state index contributed by atoms with van der Waals surface area (Å²) < 4.78 is 13.9. The number of esters is 1. The molecule has 0 bridgehead atoms. The fraction of sp³-hybridized carbons (Fsp3) is 0.654. The fourth-order valence-corrected chi connectivity index (χ4v) is 6.32. The summed E-state index contributed by atoms with van der Waals surface area (Å²) in [5.41, 5.74) is 4.22. The van der Waals surface area contributed by atoms with Gasteiger partial charge in [-0.2, -0.15) is 0 Å². The van der Waals surface area contributed by atoms with E-state index in [-0.39, 0.29) is 18.0 Å². The second kappa shape index (κ2) is 8.25. The van der Waals surface area contributed by atoms with Gasteiger partial charge in [-0.1, -0.05) is 12.1 Å². The number of piperidine rings is 1. The third-order valence-electron chi connectivity index (χ3n) is 8.00. The topological polar surface area (TPSA) is 43.7 Å². The van der Waals surface area contributed by atoms with E-state index >= 15 is 0 Å². The van der Waals surface area contributed by atoms with Crippen molar-refractivity contribution < 1.29 is 14.3 Å². The van der Waals surface area contributed by atoms with Gasteiger partial charge in [-0.15, -0.1) is 0 Å². The number of hydrogen-bond acceptors (Lipinski definition) is 4. The number of benzene rings is 1. The second-order valence-corrected chi connectivity index (χ2v) is 10.2. The summed E-state index contributed by atoms with van der Waals surface area (Å²) in [6.07, 6.45) is 8.52. The van der Waals surface area contributed by atoms with Gasteiger partial charge in [0.15, 0.2) is 0 Å². The molecule has 2 fully saturated rings. The highest BCUT2D eigenvalue weighted by Crippen LogP contribution is 2.45. The number of carbonyl (C=O) groups is 1. The Balaban J connectivity index is 1.36. The minimum atomic E-state index is -0.0459. The number of aromatic nitrogens is 1. The van der Waals surface area contributed by atoms with E-state index in [0.29, 0.717) is 24.1 Å². The zero-order chi connectivity index (χ0) is 21.7. The van der Waals surface area contributed by atoms with Crippen molar-refractivity contribution in [2.45, 2.75) is 82.6 Å². The molecule has 0 N–H and O–H groups in total. The van der Waals surface area contributed by atoms with Crippen LogP contribution in [-0.2, 0) is 20.7 Å². The molecular formula is C26H36N2O3. The summed E-state index contributed by atoms with van der Waals surface area (Å²) in [7, 11) is 3.96. The molecule has 1 saturated carbocycles. The Labute approximate surface area is 185 Å². The molecule has 1 saturated heterocycles. The number of nitrogens with zero attached hydrogens (tertiary/aromatic N) is 2. The number of ether oxygens (including phenoxy) is 2. The Morgan fingerprint density at radius 2 is 1.87 bits per heavy atom. The molecule has 168 valence electrons. The lowest BCUT2D eigenvalue weighted by Gasteiger charge is -2.45. The van der Waals surface area contributed by atoms with Crippen LogP contribution in [0.2, 0.25) is 0 Å². The molecular weight excluding hydrogens is 388 g/mol. The Morgan fingerprint density at radius 3 is 2.58 bits per heavy atom. The van der Waals surface area contributed by atoms with E-state index in [1.807, 2.05) is 0 Å². The standard InChI is InChI=1S/C26H36N2O3/c1-16(2)28-15-17-13-24-22(21-6-5-7-23(28)25(17)21)12-18(14-27(24)3)26(29)31-20-10-8-19(30-4)9-11-20/h5-7,15-16,18-20,22,24H,8-14H2,1-4H3/t18-,19?,20?,22?,24?/m1/s1. The Hall–Kier alpha value is -1.85. The van der Waals surface area contributed by atoms with Gasteiger partial charge in [-0.05, 0) is 76.6 Å². The van der Waals surface area contributed by atoms with Crippen molar-refractivity contribution in [1.29, 1.82) is 0 Å². The maximum absolute atomic E-state index is 13.1. The summed E-state index contributed by atoms with van der Waals surface area (Å²) in [6.45, 7) is 5.29. The molecule has 2 heterocycles. The van der Waals surface area contributed by atoms with E-state index in [9.17, 15) is 4.79 Å². The Morgan fingerprint density at radius 1 is 1.13 bits per heavy atom. The summed E-state index contributed by atoms with van der Waals surface area (Å²) in [6, 6.07) is 7.64. The maximum atomic E-state index is 13.1. The molecule has 31 heavy (non-hydrogen) atoms. The number of hydrogen-bond donors (Lipinski definition) is 0. The molecule has 2 aliphatic carbocycles. The van der Waals surface area contributed by atoms with Gasteiger partial charge in [0.05, 0.1) is 12.0 Å². The third-order valence-corrected chi connectivity index (χ3v) is 8.00. The predicted molar refractivity (Wildman–Crippen MR) is 122 cm³/mol. The fourth-order valence-electron chi connectivity index (χ4n) is 6.32. The highest BCUT2D eigenvalue weighted by Gasteiger charge is 2.42. The van der Waals surface area contributed by atoms with Crippen LogP contribution >= 0.6 is 0 Å². The lowest BCUT2D eigenvalue weighted by Crippen LogP contribution is -2.50. The summed E-state index contributed by atoms with van der Waals surface area (Å²) in [5, 5.41) is 1.43. The first kappa shape index (κ1) is 21.0. The monoisotopic (exact) mass is 424 g/mol. The van der Waals surface area contributed by atoms with Crippen LogP contribution in [0.4, 0.5) is 0 Å². The molecule has 3 atom stereocenters. The first-order valence-corrected chi connectivity index (χ1v) is 12.0. The molecule has 2 aromatic rings. The van der Waals surface area contributed by atoms with Gasteiger partial charge in [0.25, 0.3) is 0 Å². The van der Waals surface area contributed by atoms with Crippen molar-refractivity contribution in [2.24, 2.45) is 5.92 Å². The summed E-state index contributed by atoms with van der Waals surface area (Å²) >= 11 is 0. The molecule has 2 unspecified atom stereocenters. The number of likely N-dealkylation sites (N-methyl/N-ethyl adjacent to an activating group) is 1. The van der Waals surface area contributed by atoms with Crippen molar-refractivity contribution in [3.8, 4) is 0 Å². The van der Waals surface area contributed by atoms with Crippen LogP contribution in [0.3, 0.4) is 0 Å². The van der Waals surface area contributed by atoms with Crippen molar-refractivity contribution in [3.05, 3.63) is 35.5 Å². The molecule has 0 radical (unpaired) electrons. The number of methoxy groups -OCH3 is 1. The van der Waals surface area contributed by atoms with Crippen LogP contribution < -0.4 is 0 Å². The minimum Gasteiger partial charge on any atom is -0.462 e. The van der Waals surface area contributed by atoms with Gasteiger partial charge in [-0.3, -0.25) is 4.79 Å².